The van der Waals surface area contributed by atoms with E-state index in [4.69, 9.17) is 0 Å². The lowest BCUT2D eigenvalue weighted by atomic mass is 10.1. The van der Waals surface area contributed by atoms with E-state index in [1.54, 1.807) is 19.2 Å². The van der Waals surface area contributed by atoms with Crippen LogP contribution in [0.3, 0.4) is 0 Å². The summed E-state index contributed by atoms with van der Waals surface area (Å²) in [6, 6.07) is 0.108. The van der Waals surface area contributed by atoms with Gasteiger partial charge in [-0.1, -0.05) is 0 Å². The van der Waals surface area contributed by atoms with Gasteiger partial charge in [-0.3, -0.25) is 0 Å². The molecule has 1 heterocycles. The standard InChI is InChI=1S/C9H14NO2/c1-6(2)10-5-4-7(3)8(11)9(10)12/h4-6,8,11H,1-3H3/q+1. The topological polar surface area (TPSA) is 40.3 Å². The molecule has 1 amide bonds. The number of aliphatic hydroxyl groups excluding tert-OH is 1. The van der Waals surface area contributed by atoms with Gasteiger partial charge < -0.3 is 5.11 Å². The van der Waals surface area contributed by atoms with E-state index in [1.165, 1.54) is 4.58 Å². The van der Waals surface area contributed by atoms with Crippen molar-refractivity contribution >= 4 is 12.1 Å². The Bertz CT molecular complexity index is 264. The Morgan fingerprint density at radius 1 is 1.58 bits per heavy atom. The molecule has 1 aliphatic rings. The van der Waals surface area contributed by atoms with Crippen LogP contribution >= 0.6 is 0 Å². The van der Waals surface area contributed by atoms with Gasteiger partial charge in [0.1, 0.15) is 0 Å². The van der Waals surface area contributed by atoms with Crippen molar-refractivity contribution in [1.82, 2.24) is 0 Å². The van der Waals surface area contributed by atoms with Gasteiger partial charge in [-0.2, -0.15) is 4.58 Å². The lowest BCUT2D eigenvalue weighted by molar-refractivity contribution is -0.480. The van der Waals surface area contributed by atoms with Crippen molar-refractivity contribution in [3.05, 3.63) is 11.6 Å². The zero-order valence-corrected chi connectivity index (χ0v) is 7.61. The molecule has 0 bridgehead atoms. The van der Waals surface area contributed by atoms with Gasteiger partial charge in [-0.25, -0.2) is 4.79 Å². The maximum Gasteiger partial charge on any atom is 0.420 e. The molecular formula is C9H14NO2+. The SMILES string of the molecule is CC1=CC=[N+](C(C)C)C(=O)C1O. The third-order valence-corrected chi connectivity index (χ3v) is 1.97. The molecule has 0 fully saturated rings. The average molecular weight is 168 g/mol. The highest BCUT2D eigenvalue weighted by atomic mass is 16.3. The van der Waals surface area contributed by atoms with Crippen LogP contribution in [0.25, 0.3) is 0 Å². The first-order valence-electron chi connectivity index (χ1n) is 4.06. The zero-order valence-electron chi connectivity index (χ0n) is 7.61. The maximum absolute atomic E-state index is 11.4. The van der Waals surface area contributed by atoms with Crippen molar-refractivity contribution in [2.24, 2.45) is 0 Å². The minimum Gasteiger partial charge on any atom is -0.375 e. The molecule has 3 heteroatoms. The fourth-order valence-electron chi connectivity index (χ4n) is 1.13. The van der Waals surface area contributed by atoms with Gasteiger partial charge in [0.25, 0.3) is 0 Å². The molecule has 1 aliphatic heterocycles. The van der Waals surface area contributed by atoms with Crippen LogP contribution < -0.4 is 0 Å². The smallest absolute Gasteiger partial charge is 0.375 e. The van der Waals surface area contributed by atoms with Gasteiger partial charge in [0.15, 0.2) is 12.3 Å². The van der Waals surface area contributed by atoms with Crippen LogP contribution in [0.1, 0.15) is 20.8 Å². The van der Waals surface area contributed by atoms with E-state index in [0.29, 0.717) is 5.57 Å². The van der Waals surface area contributed by atoms with Crippen LogP contribution in [0, 0.1) is 0 Å². The molecule has 0 spiro atoms. The zero-order chi connectivity index (χ0) is 9.30. The Kier molecular flexibility index (Phi) is 2.43. The van der Waals surface area contributed by atoms with Gasteiger partial charge in [-0.15, -0.1) is 0 Å². The van der Waals surface area contributed by atoms with Crippen LogP contribution in [0.5, 0.6) is 0 Å². The Hall–Kier alpha value is -0.960. The first-order chi connectivity index (χ1) is 5.54. The summed E-state index contributed by atoms with van der Waals surface area (Å²) in [4.78, 5) is 11.4. The number of allylic oxidation sites excluding steroid dienone is 1. The first kappa shape index (κ1) is 9.13. The molecule has 0 aromatic rings. The highest BCUT2D eigenvalue weighted by molar-refractivity contribution is 5.86. The summed E-state index contributed by atoms with van der Waals surface area (Å²) in [7, 11) is 0. The summed E-state index contributed by atoms with van der Waals surface area (Å²) >= 11 is 0. The van der Waals surface area contributed by atoms with Gasteiger partial charge in [-0.05, 0) is 26.3 Å². The van der Waals surface area contributed by atoms with Gasteiger partial charge in [0.2, 0.25) is 6.10 Å². The van der Waals surface area contributed by atoms with E-state index >= 15 is 0 Å². The van der Waals surface area contributed by atoms with Crippen LogP contribution in [0.4, 0.5) is 0 Å². The summed E-state index contributed by atoms with van der Waals surface area (Å²) < 4.78 is 1.54. The second-order valence-electron chi connectivity index (χ2n) is 3.30. The fourth-order valence-corrected chi connectivity index (χ4v) is 1.13. The molecule has 3 nitrogen and oxygen atoms in total. The second-order valence-corrected chi connectivity index (χ2v) is 3.30. The lowest BCUT2D eigenvalue weighted by Crippen LogP contribution is -2.39. The van der Waals surface area contributed by atoms with Crippen molar-refractivity contribution in [3.63, 3.8) is 0 Å². The molecule has 1 atom stereocenters. The van der Waals surface area contributed by atoms with Crippen LogP contribution in [0.2, 0.25) is 0 Å². The normalized spacial score (nSPS) is 24.1. The van der Waals surface area contributed by atoms with E-state index in [0.717, 1.165) is 0 Å². The summed E-state index contributed by atoms with van der Waals surface area (Å²) in [5.74, 6) is -0.231. The molecule has 1 rings (SSSR count). The maximum atomic E-state index is 11.4. The van der Waals surface area contributed by atoms with E-state index in [2.05, 4.69) is 0 Å². The van der Waals surface area contributed by atoms with Gasteiger partial charge in [0, 0.05) is 6.08 Å². The fraction of sp³-hybridized carbons (Fsp3) is 0.556. The Morgan fingerprint density at radius 3 is 2.67 bits per heavy atom. The molecule has 0 radical (unpaired) electrons. The first-order valence-corrected chi connectivity index (χ1v) is 4.06. The molecule has 0 saturated carbocycles. The Balaban J connectivity index is 2.98. The van der Waals surface area contributed by atoms with E-state index < -0.39 is 6.10 Å². The molecule has 12 heavy (non-hydrogen) atoms. The minimum atomic E-state index is -0.947. The predicted octanol–water partition coefficient (Wildman–Crippen LogP) is 0.326. The second kappa shape index (κ2) is 3.19. The van der Waals surface area contributed by atoms with Crippen LogP contribution in [0.15, 0.2) is 11.6 Å². The molecular weight excluding hydrogens is 154 g/mol. The Labute approximate surface area is 72.0 Å². The molecule has 1 unspecified atom stereocenters. The number of nitrogens with zero attached hydrogens (tertiary/aromatic N) is 1. The highest BCUT2D eigenvalue weighted by Crippen LogP contribution is 2.08. The van der Waals surface area contributed by atoms with Crippen molar-refractivity contribution in [2.75, 3.05) is 0 Å². The number of rotatable bonds is 1. The quantitative estimate of drug-likeness (QED) is 0.573. The van der Waals surface area contributed by atoms with Gasteiger partial charge >= 0.3 is 5.91 Å². The summed E-state index contributed by atoms with van der Waals surface area (Å²) in [6.45, 7) is 5.57. The lowest BCUT2D eigenvalue weighted by Gasteiger charge is -2.13. The van der Waals surface area contributed by atoms with Crippen LogP contribution in [-0.4, -0.2) is 33.9 Å². The number of amides is 1. The predicted molar refractivity (Wildman–Crippen MR) is 46.2 cm³/mol. The van der Waals surface area contributed by atoms with Crippen molar-refractivity contribution in [1.29, 1.82) is 0 Å². The van der Waals surface area contributed by atoms with E-state index in [-0.39, 0.29) is 11.9 Å². The molecule has 0 aliphatic carbocycles. The van der Waals surface area contributed by atoms with E-state index in [9.17, 15) is 9.90 Å². The monoisotopic (exact) mass is 168 g/mol. The van der Waals surface area contributed by atoms with Crippen molar-refractivity contribution in [3.8, 4) is 0 Å². The molecule has 0 aromatic carbocycles. The number of hydrogen-bond donors (Lipinski definition) is 1. The molecule has 0 saturated heterocycles. The minimum absolute atomic E-state index is 0.108. The Morgan fingerprint density at radius 2 is 2.17 bits per heavy atom. The summed E-state index contributed by atoms with van der Waals surface area (Å²) in [5, 5.41) is 9.39. The van der Waals surface area contributed by atoms with Crippen molar-refractivity contribution < 1.29 is 14.5 Å². The average Bonchev–Trinajstić information content (AvgIpc) is 2.00. The van der Waals surface area contributed by atoms with Gasteiger partial charge in [0.05, 0.1) is 0 Å². The van der Waals surface area contributed by atoms with Crippen LogP contribution in [-0.2, 0) is 4.79 Å². The third-order valence-electron chi connectivity index (χ3n) is 1.97. The summed E-state index contributed by atoms with van der Waals surface area (Å²) in [5.41, 5.74) is 0.705. The molecule has 66 valence electrons. The molecule has 0 aromatic heterocycles. The number of carbonyl (C=O) groups is 1. The summed E-state index contributed by atoms with van der Waals surface area (Å²) in [6.07, 6.45) is 2.54. The number of aliphatic hydroxyl groups is 1. The number of carbonyl (C=O) groups excluding carboxylic acids is 1. The molecule has 1 N–H and O–H groups in total. The van der Waals surface area contributed by atoms with E-state index in [1.807, 2.05) is 13.8 Å². The number of hydrogen-bond acceptors (Lipinski definition) is 2. The van der Waals surface area contributed by atoms with Crippen molar-refractivity contribution in [2.45, 2.75) is 32.9 Å². The largest absolute Gasteiger partial charge is 0.420 e. The highest BCUT2D eigenvalue weighted by Gasteiger charge is 2.32. The third kappa shape index (κ3) is 1.46.